The molecule has 3 aromatic rings. The maximum atomic E-state index is 5.85. The van der Waals surface area contributed by atoms with Crippen LogP contribution in [0.4, 0.5) is 0 Å². The molecule has 2 aromatic carbocycles. The van der Waals surface area contributed by atoms with Crippen molar-refractivity contribution in [3.8, 4) is 0 Å². The number of oxazole rings is 1. The van der Waals surface area contributed by atoms with Gasteiger partial charge >= 0.3 is 0 Å². The Morgan fingerprint density at radius 2 is 1.83 bits per heavy atom. The topological polar surface area (TPSA) is 26.0 Å². The van der Waals surface area contributed by atoms with Gasteiger partial charge in [-0.2, -0.15) is 0 Å². The van der Waals surface area contributed by atoms with Crippen molar-refractivity contribution in [1.29, 1.82) is 0 Å². The van der Waals surface area contributed by atoms with Crippen LogP contribution in [0.15, 0.2) is 46.9 Å². The predicted octanol–water partition coefficient (Wildman–Crippen LogP) is 4.04. The molecule has 0 spiro atoms. The van der Waals surface area contributed by atoms with E-state index in [1.54, 1.807) is 0 Å². The molecule has 0 radical (unpaired) electrons. The summed E-state index contributed by atoms with van der Waals surface area (Å²) in [7, 11) is 0. The number of benzene rings is 2. The number of hydrogen-bond donors (Lipinski definition) is 0. The highest BCUT2D eigenvalue weighted by Crippen LogP contribution is 2.22. The highest BCUT2D eigenvalue weighted by molar-refractivity contribution is 5.77. The average Bonchev–Trinajstić information content (AvgIpc) is 2.73. The number of hydrogen-bond acceptors (Lipinski definition) is 2. The van der Waals surface area contributed by atoms with Crippen LogP contribution in [-0.4, -0.2) is 4.98 Å². The second-order valence-corrected chi connectivity index (χ2v) is 4.70. The van der Waals surface area contributed by atoms with Crippen molar-refractivity contribution in [2.45, 2.75) is 20.3 Å². The lowest BCUT2D eigenvalue weighted by Crippen LogP contribution is -1.86. The molecule has 0 aliphatic rings. The van der Waals surface area contributed by atoms with Gasteiger partial charge < -0.3 is 4.42 Å². The van der Waals surface area contributed by atoms with Crippen molar-refractivity contribution in [2.24, 2.45) is 0 Å². The van der Waals surface area contributed by atoms with Gasteiger partial charge in [0.15, 0.2) is 11.5 Å². The first-order valence-corrected chi connectivity index (χ1v) is 6.13. The first-order chi connectivity index (χ1) is 8.72. The molecule has 0 saturated heterocycles. The minimum absolute atomic E-state index is 0.744. The van der Waals surface area contributed by atoms with E-state index >= 15 is 0 Å². The number of aryl methyl sites for hydroxylation is 2. The molecule has 0 aliphatic carbocycles. The fourth-order valence-electron chi connectivity index (χ4n) is 2.27. The van der Waals surface area contributed by atoms with Crippen LogP contribution in [0.1, 0.15) is 22.6 Å². The maximum absolute atomic E-state index is 5.85. The van der Waals surface area contributed by atoms with E-state index in [1.807, 2.05) is 18.2 Å². The summed E-state index contributed by atoms with van der Waals surface area (Å²) in [5.41, 5.74) is 5.46. The van der Waals surface area contributed by atoms with Gasteiger partial charge in [0, 0.05) is 6.42 Å². The first kappa shape index (κ1) is 11.0. The van der Waals surface area contributed by atoms with Crippen LogP contribution in [0.2, 0.25) is 0 Å². The maximum Gasteiger partial charge on any atom is 0.199 e. The van der Waals surface area contributed by atoms with Gasteiger partial charge in [-0.1, -0.05) is 36.4 Å². The van der Waals surface area contributed by atoms with Crippen molar-refractivity contribution < 1.29 is 4.42 Å². The first-order valence-electron chi connectivity index (χ1n) is 6.13. The van der Waals surface area contributed by atoms with E-state index in [0.29, 0.717) is 0 Å². The van der Waals surface area contributed by atoms with Gasteiger partial charge in [-0.25, -0.2) is 4.98 Å². The molecule has 0 aliphatic heterocycles. The van der Waals surface area contributed by atoms with Gasteiger partial charge in [-0.3, -0.25) is 0 Å². The molecular formula is C16H15NO. The highest BCUT2D eigenvalue weighted by atomic mass is 16.3. The molecule has 0 saturated carbocycles. The fourth-order valence-corrected chi connectivity index (χ4v) is 2.27. The summed E-state index contributed by atoms with van der Waals surface area (Å²) in [6.07, 6.45) is 0.744. The molecule has 0 amide bonds. The van der Waals surface area contributed by atoms with Crippen LogP contribution < -0.4 is 0 Å². The molecule has 3 rings (SSSR count). The van der Waals surface area contributed by atoms with E-state index in [2.05, 4.69) is 43.1 Å². The van der Waals surface area contributed by atoms with Crippen molar-refractivity contribution in [2.75, 3.05) is 0 Å². The summed E-state index contributed by atoms with van der Waals surface area (Å²) in [5, 5.41) is 0. The Balaban J connectivity index is 2.01. The van der Waals surface area contributed by atoms with Gasteiger partial charge in [0.2, 0.25) is 0 Å². The van der Waals surface area contributed by atoms with Crippen LogP contribution in [0.3, 0.4) is 0 Å². The minimum atomic E-state index is 0.744. The molecule has 18 heavy (non-hydrogen) atoms. The van der Waals surface area contributed by atoms with Crippen LogP contribution in [-0.2, 0) is 6.42 Å². The summed E-state index contributed by atoms with van der Waals surface area (Å²) in [5.74, 6) is 0.782. The average molecular weight is 237 g/mol. The third-order valence-corrected chi connectivity index (χ3v) is 3.06. The standard InChI is InChI=1S/C16H15NO/c1-11-8-12(2)16-14(9-11)17-15(18-16)10-13-6-4-3-5-7-13/h3-9H,10H2,1-2H3. The number of rotatable bonds is 2. The third-order valence-electron chi connectivity index (χ3n) is 3.06. The van der Waals surface area contributed by atoms with Gasteiger partial charge in [-0.15, -0.1) is 0 Å². The zero-order valence-corrected chi connectivity index (χ0v) is 10.6. The lowest BCUT2D eigenvalue weighted by Gasteiger charge is -1.96. The molecular weight excluding hydrogens is 222 g/mol. The smallest absolute Gasteiger partial charge is 0.199 e. The Kier molecular flexibility index (Phi) is 2.63. The second kappa shape index (κ2) is 4.30. The van der Waals surface area contributed by atoms with Gasteiger partial charge in [-0.05, 0) is 36.6 Å². The Hall–Kier alpha value is -2.09. The molecule has 0 N–H and O–H groups in total. The molecule has 2 heteroatoms. The van der Waals surface area contributed by atoms with E-state index in [1.165, 1.54) is 11.1 Å². The summed E-state index contributed by atoms with van der Waals surface area (Å²) in [6.45, 7) is 4.14. The van der Waals surface area contributed by atoms with E-state index < -0.39 is 0 Å². The molecule has 90 valence electrons. The Morgan fingerprint density at radius 1 is 1.06 bits per heavy atom. The monoisotopic (exact) mass is 237 g/mol. The zero-order valence-electron chi connectivity index (χ0n) is 10.6. The Bertz CT molecular complexity index is 683. The van der Waals surface area contributed by atoms with E-state index in [0.717, 1.165) is 29.0 Å². The van der Waals surface area contributed by atoms with Crippen molar-refractivity contribution in [3.05, 3.63) is 65.0 Å². The zero-order chi connectivity index (χ0) is 12.5. The van der Waals surface area contributed by atoms with Crippen LogP contribution in [0, 0.1) is 13.8 Å². The molecule has 0 bridgehead atoms. The summed E-state index contributed by atoms with van der Waals surface area (Å²) in [4.78, 5) is 4.56. The lowest BCUT2D eigenvalue weighted by molar-refractivity contribution is 0.542. The number of aromatic nitrogens is 1. The normalized spacial score (nSPS) is 11.0. The quantitative estimate of drug-likeness (QED) is 0.672. The summed E-state index contributed by atoms with van der Waals surface area (Å²) < 4.78 is 5.85. The molecule has 0 fully saturated rings. The number of nitrogens with zero attached hydrogens (tertiary/aromatic N) is 1. The van der Waals surface area contributed by atoms with Gasteiger partial charge in [0.1, 0.15) is 5.52 Å². The van der Waals surface area contributed by atoms with Crippen LogP contribution in [0.25, 0.3) is 11.1 Å². The Morgan fingerprint density at radius 3 is 2.61 bits per heavy atom. The third kappa shape index (κ3) is 2.02. The van der Waals surface area contributed by atoms with Gasteiger partial charge in [0.25, 0.3) is 0 Å². The summed E-state index contributed by atoms with van der Waals surface area (Å²) in [6, 6.07) is 14.5. The lowest BCUT2D eigenvalue weighted by atomic mass is 10.1. The predicted molar refractivity (Wildman–Crippen MR) is 72.7 cm³/mol. The largest absolute Gasteiger partial charge is 0.440 e. The van der Waals surface area contributed by atoms with Crippen molar-refractivity contribution >= 4 is 11.1 Å². The van der Waals surface area contributed by atoms with Crippen molar-refractivity contribution in [1.82, 2.24) is 4.98 Å². The Labute approximate surface area is 106 Å². The van der Waals surface area contributed by atoms with Crippen LogP contribution >= 0.6 is 0 Å². The fraction of sp³-hybridized carbons (Fsp3) is 0.188. The number of fused-ring (bicyclic) bond motifs is 1. The summed E-state index contributed by atoms with van der Waals surface area (Å²) >= 11 is 0. The van der Waals surface area contributed by atoms with Gasteiger partial charge in [0.05, 0.1) is 0 Å². The molecule has 1 heterocycles. The molecule has 0 unspecified atom stereocenters. The van der Waals surface area contributed by atoms with Crippen molar-refractivity contribution in [3.63, 3.8) is 0 Å². The van der Waals surface area contributed by atoms with E-state index in [4.69, 9.17) is 4.42 Å². The minimum Gasteiger partial charge on any atom is -0.440 e. The highest BCUT2D eigenvalue weighted by Gasteiger charge is 2.09. The molecule has 0 atom stereocenters. The van der Waals surface area contributed by atoms with E-state index in [-0.39, 0.29) is 0 Å². The SMILES string of the molecule is Cc1cc(C)c2oc(Cc3ccccc3)nc2c1. The molecule has 1 aromatic heterocycles. The second-order valence-electron chi connectivity index (χ2n) is 4.70. The molecule has 2 nitrogen and oxygen atoms in total. The van der Waals surface area contributed by atoms with E-state index in [9.17, 15) is 0 Å². The van der Waals surface area contributed by atoms with Crippen LogP contribution in [0.5, 0.6) is 0 Å².